The van der Waals surface area contributed by atoms with Crippen molar-refractivity contribution in [2.75, 3.05) is 5.75 Å². The number of hydrogen-bond donors (Lipinski definition) is 2. The summed E-state index contributed by atoms with van der Waals surface area (Å²) in [5.41, 5.74) is 1.09. The molecule has 0 bridgehead atoms. The molecule has 2 rings (SSSR count). The Balaban J connectivity index is 2.01. The zero-order chi connectivity index (χ0) is 14.0. The minimum absolute atomic E-state index is 0.0574. The number of carboxylic acid groups (broad SMARTS) is 1. The number of thioether (sulfide) groups is 1. The van der Waals surface area contributed by atoms with Gasteiger partial charge in [0, 0.05) is 5.75 Å². The second-order valence-corrected chi connectivity index (χ2v) is 11.1. The Morgan fingerprint density at radius 1 is 1.37 bits per heavy atom. The van der Waals surface area contributed by atoms with E-state index >= 15 is 0 Å². The maximum absolute atomic E-state index is 10.9. The fraction of sp³-hybridized carbons (Fsp3) is 0.462. The van der Waals surface area contributed by atoms with E-state index in [4.69, 9.17) is 9.53 Å². The maximum atomic E-state index is 10.9. The summed E-state index contributed by atoms with van der Waals surface area (Å²) in [5, 5.41) is 12.1. The van der Waals surface area contributed by atoms with Crippen molar-refractivity contribution in [3.63, 3.8) is 0 Å². The quantitative estimate of drug-likeness (QED) is 0.837. The van der Waals surface area contributed by atoms with Crippen molar-refractivity contribution in [3.05, 3.63) is 29.8 Å². The summed E-state index contributed by atoms with van der Waals surface area (Å²) in [6, 6.07) is 7.48. The number of nitrogens with one attached hydrogen (secondary N) is 1. The largest absolute Gasteiger partial charge is 0.544 e. The van der Waals surface area contributed by atoms with Crippen LogP contribution in [0.1, 0.15) is 10.9 Å². The van der Waals surface area contributed by atoms with Crippen LogP contribution in [0.3, 0.4) is 0 Å². The van der Waals surface area contributed by atoms with Crippen LogP contribution in [-0.2, 0) is 4.79 Å². The van der Waals surface area contributed by atoms with Crippen molar-refractivity contribution < 1.29 is 14.3 Å². The summed E-state index contributed by atoms with van der Waals surface area (Å²) in [6.07, 6.45) is 0. The second kappa shape index (κ2) is 5.56. The van der Waals surface area contributed by atoms with Crippen LogP contribution >= 0.6 is 11.8 Å². The van der Waals surface area contributed by atoms with Gasteiger partial charge in [0.05, 0.1) is 5.37 Å². The zero-order valence-corrected chi connectivity index (χ0v) is 13.2. The van der Waals surface area contributed by atoms with Crippen LogP contribution in [0.2, 0.25) is 19.6 Å². The predicted octanol–water partition coefficient (Wildman–Crippen LogP) is 2.69. The normalized spacial score (nSPS) is 23.3. The van der Waals surface area contributed by atoms with Crippen LogP contribution in [-0.4, -0.2) is 31.2 Å². The first-order chi connectivity index (χ1) is 8.85. The van der Waals surface area contributed by atoms with Gasteiger partial charge < -0.3 is 9.53 Å². The molecule has 0 amide bonds. The van der Waals surface area contributed by atoms with Gasteiger partial charge in [0.25, 0.3) is 0 Å². The van der Waals surface area contributed by atoms with Gasteiger partial charge in [-0.1, -0.05) is 12.1 Å². The molecule has 0 saturated carbocycles. The molecular formula is C13H19NO3SSi. The van der Waals surface area contributed by atoms with E-state index in [1.54, 1.807) is 11.8 Å². The molecule has 4 nitrogen and oxygen atoms in total. The molecule has 1 saturated heterocycles. The molecule has 2 N–H and O–H groups in total. The lowest BCUT2D eigenvalue weighted by Crippen LogP contribution is -2.33. The maximum Gasteiger partial charge on any atom is 0.321 e. The second-order valence-electron chi connectivity index (χ2n) is 5.55. The number of carboxylic acids is 1. The molecular weight excluding hydrogens is 278 g/mol. The molecule has 104 valence electrons. The van der Waals surface area contributed by atoms with E-state index < -0.39 is 20.3 Å². The number of aliphatic carboxylic acids is 1. The molecule has 2 atom stereocenters. The fourth-order valence-corrected chi connectivity index (χ4v) is 3.95. The van der Waals surface area contributed by atoms with Gasteiger partial charge in [0.15, 0.2) is 0 Å². The van der Waals surface area contributed by atoms with Crippen molar-refractivity contribution in [2.24, 2.45) is 0 Å². The summed E-state index contributed by atoms with van der Waals surface area (Å²) in [7, 11) is -1.57. The van der Waals surface area contributed by atoms with Crippen LogP contribution in [0.15, 0.2) is 24.3 Å². The lowest BCUT2D eigenvalue weighted by atomic mass is 10.2. The van der Waals surface area contributed by atoms with E-state index in [9.17, 15) is 4.79 Å². The van der Waals surface area contributed by atoms with Crippen molar-refractivity contribution in [3.8, 4) is 5.75 Å². The molecule has 1 aliphatic rings. The van der Waals surface area contributed by atoms with Crippen molar-refractivity contribution in [2.45, 2.75) is 31.1 Å². The van der Waals surface area contributed by atoms with E-state index in [0.29, 0.717) is 5.75 Å². The van der Waals surface area contributed by atoms with Gasteiger partial charge in [-0.15, -0.1) is 11.8 Å². The summed E-state index contributed by atoms with van der Waals surface area (Å²) in [4.78, 5) is 10.9. The summed E-state index contributed by atoms with van der Waals surface area (Å²) >= 11 is 1.63. The van der Waals surface area contributed by atoms with Gasteiger partial charge in [0.1, 0.15) is 11.8 Å². The molecule has 6 heteroatoms. The highest BCUT2D eigenvalue weighted by Crippen LogP contribution is 2.33. The summed E-state index contributed by atoms with van der Waals surface area (Å²) < 4.78 is 5.90. The summed E-state index contributed by atoms with van der Waals surface area (Å²) in [5.74, 6) is 0.710. The molecule has 1 fully saturated rings. The van der Waals surface area contributed by atoms with Crippen LogP contribution in [0.5, 0.6) is 5.75 Å². The smallest absolute Gasteiger partial charge is 0.321 e. The Kier molecular flexibility index (Phi) is 4.22. The van der Waals surface area contributed by atoms with Gasteiger partial charge in [-0.25, -0.2) is 0 Å². The number of benzene rings is 1. The number of rotatable bonds is 4. The highest BCUT2D eigenvalue weighted by atomic mass is 32.2. The number of hydrogen-bond acceptors (Lipinski definition) is 4. The standard InChI is InChI=1S/C13H19NO3SSi/c1-19(2,3)17-10-6-4-9(5-7-10)12-14-11(8-18-12)13(15)16/h4-7,11-12,14H,8H2,1-3H3,(H,15,16). The predicted molar refractivity (Wildman–Crippen MR) is 80.2 cm³/mol. The first-order valence-electron chi connectivity index (χ1n) is 6.24. The molecule has 0 aliphatic carbocycles. The molecule has 1 aromatic carbocycles. The molecule has 0 spiro atoms. The van der Waals surface area contributed by atoms with Crippen molar-refractivity contribution in [1.29, 1.82) is 0 Å². The molecule has 19 heavy (non-hydrogen) atoms. The monoisotopic (exact) mass is 297 g/mol. The van der Waals surface area contributed by atoms with E-state index in [1.165, 1.54) is 0 Å². The van der Waals surface area contributed by atoms with E-state index in [-0.39, 0.29) is 5.37 Å². The lowest BCUT2D eigenvalue weighted by Gasteiger charge is -2.19. The molecule has 1 aromatic rings. The first kappa shape index (κ1) is 14.4. The third-order valence-corrected chi connectivity index (χ3v) is 4.80. The molecule has 0 aromatic heterocycles. The lowest BCUT2D eigenvalue weighted by molar-refractivity contribution is -0.138. The number of carbonyl (C=O) groups is 1. The highest BCUT2D eigenvalue weighted by molar-refractivity contribution is 7.99. The third kappa shape index (κ3) is 3.99. The van der Waals surface area contributed by atoms with Crippen molar-refractivity contribution in [1.82, 2.24) is 5.32 Å². The van der Waals surface area contributed by atoms with Gasteiger partial charge in [-0.2, -0.15) is 0 Å². The van der Waals surface area contributed by atoms with Crippen LogP contribution in [0, 0.1) is 0 Å². The zero-order valence-electron chi connectivity index (χ0n) is 11.3. The Hall–Kier alpha value is -0.983. The molecule has 2 unspecified atom stereocenters. The molecule has 1 heterocycles. The summed E-state index contributed by atoms with van der Waals surface area (Å²) in [6.45, 7) is 6.44. The van der Waals surface area contributed by atoms with Gasteiger partial charge in [0.2, 0.25) is 8.32 Å². The highest BCUT2D eigenvalue weighted by Gasteiger charge is 2.30. The van der Waals surface area contributed by atoms with Gasteiger partial charge in [-0.3, -0.25) is 10.1 Å². The van der Waals surface area contributed by atoms with Gasteiger partial charge in [-0.05, 0) is 37.3 Å². The van der Waals surface area contributed by atoms with Gasteiger partial charge >= 0.3 is 5.97 Å². The van der Waals surface area contributed by atoms with Crippen LogP contribution in [0.4, 0.5) is 0 Å². The van der Waals surface area contributed by atoms with E-state index in [2.05, 4.69) is 25.0 Å². The SMILES string of the molecule is C[Si](C)(C)Oc1ccc(C2NC(C(=O)O)CS2)cc1. The third-order valence-electron chi connectivity index (χ3n) is 2.69. The molecule has 0 radical (unpaired) electrons. The van der Waals surface area contributed by atoms with E-state index in [1.807, 2.05) is 24.3 Å². The van der Waals surface area contributed by atoms with E-state index in [0.717, 1.165) is 11.3 Å². The average molecular weight is 297 g/mol. The Morgan fingerprint density at radius 2 is 2.00 bits per heavy atom. The van der Waals surface area contributed by atoms with Crippen LogP contribution in [0.25, 0.3) is 0 Å². The van der Waals surface area contributed by atoms with Crippen LogP contribution < -0.4 is 9.74 Å². The van der Waals surface area contributed by atoms with Crippen molar-refractivity contribution >= 4 is 26.0 Å². The topological polar surface area (TPSA) is 58.6 Å². The average Bonchev–Trinajstić information content (AvgIpc) is 2.77. The first-order valence-corrected chi connectivity index (χ1v) is 10.7. The minimum Gasteiger partial charge on any atom is -0.544 e. The Labute approximate surface area is 118 Å². The molecule has 1 aliphatic heterocycles. The fourth-order valence-electron chi connectivity index (χ4n) is 1.87. The Bertz CT molecular complexity index is 458. The minimum atomic E-state index is -1.57. The Morgan fingerprint density at radius 3 is 2.47 bits per heavy atom.